The van der Waals surface area contributed by atoms with Crippen LogP contribution in [0.3, 0.4) is 0 Å². The maximum Gasteiger partial charge on any atom is 0.318 e. The van der Waals surface area contributed by atoms with Crippen LogP contribution in [0.5, 0.6) is 0 Å². The van der Waals surface area contributed by atoms with Crippen LogP contribution in [0.1, 0.15) is 38.4 Å². The van der Waals surface area contributed by atoms with E-state index in [0.717, 1.165) is 11.1 Å². The molecule has 2 heterocycles. The Balaban J connectivity index is 1.67. The van der Waals surface area contributed by atoms with E-state index in [2.05, 4.69) is 21.1 Å². The third-order valence-corrected chi connectivity index (χ3v) is 7.12. The number of nitrogens with zero attached hydrogens (tertiary/aromatic N) is 5. The zero-order valence-corrected chi connectivity index (χ0v) is 18.6. The van der Waals surface area contributed by atoms with Gasteiger partial charge in [0.15, 0.2) is 5.54 Å². The monoisotopic (exact) mass is 445 g/mol. The molecule has 7 nitrogen and oxygen atoms in total. The van der Waals surface area contributed by atoms with Crippen molar-refractivity contribution in [2.24, 2.45) is 22.9 Å². The summed E-state index contributed by atoms with van der Waals surface area (Å²) in [6.07, 6.45) is 4.62. The van der Waals surface area contributed by atoms with Gasteiger partial charge in [-0.2, -0.15) is 5.26 Å². The number of nitriles is 1. The molecule has 33 heavy (non-hydrogen) atoms. The minimum absolute atomic E-state index is 0.200. The van der Waals surface area contributed by atoms with Gasteiger partial charge in [0.25, 0.3) is 0 Å². The molecule has 1 saturated heterocycles. The molecule has 0 bridgehead atoms. The van der Waals surface area contributed by atoms with Crippen LogP contribution < -0.4 is 0 Å². The Morgan fingerprint density at radius 2 is 2.09 bits per heavy atom. The molecule has 0 N–H and O–H groups in total. The fourth-order valence-corrected chi connectivity index (χ4v) is 5.30. The number of benzene rings is 1. The SMILES string of the molecule is C[C@H]1OC(=O)[C@]2(N=[N+]=[N-])CC(C)(F)[C@@H](C)[C@H](/C=C/c3ccc(-c4ccccc4C#N)cn3)[C@H]12. The molecular weight excluding hydrogens is 421 g/mol. The molecule has 6 atom stereocenters. The molecule has 2 fully saturated rings. The lowest BCUT2D eigenvalue weighted by molar-refractivity contribution is -0.146. The van der Waals surface area contributed by atoms with Gasteiger partial charge < -0.3 is 4.74 Å². The zero-order chi connectivity index (χ0) is 23.8. The summed E-state index contributed by atoms with van der Waals surface area (Å²) in [5.74, 6) is -1.97. The number of allylic oxidation sites excluding steroid dienone is 1. The Hall–Kier alpha value is -3.69. The number of esters is 1. The van der Waals surface area contributed by atoms with Gasteiger partial charge in [0.05, 0.1) is 17.3 Å². The number of hydrogen-bond donors (Lipinski definition) is 0. The molecule has 0 radical (unpaired) electrons. The summed E-state index contributed by atoms with van der Waals surface area (Å²) in [5.41, 5.74) is 8.68. The number of alkyl halides is 1. The summed E-state index contributed by atoms with van der Waals surface area (Å²) in [6.45, 7) is 5.00. The fourth-order valence-electron chi connectivity index (χ4n) is 5.30. The van der Waals surface area contributed by atoms with Crippen molar-refractivity contribution in [3.05, 3.63) is 70.4 Å². The number of ether oxygens (including phenoxy) is 1. The maximum absolute atomic E-state index is 15.6. The van der Waals surface area contributed by atoms with Crippen LogP contribution in [0, 0.1) is 29.1 Å². The van der Waals surface area contributed by atoms with Gasteiger partial charge in [-0.25, -0.2) is 4.39 Å². The van der Waals surface area contributed by atoms with Crippen molar-refractivity contribution in [2.75, 3.05) is 0 Å². The highest BCUT2D eigenvalue weighted by molar-refractivity contribution is 5.85. The lowest BCUT2D eigenvalue weighted by Gasteiger charge is -2.48. The highest BCUT2D eigenvalue weighted by atomic mass is 19.1. The second-order valence-electron chi connectivity index (χ2n) is 9.06. The molecule has 2 aromatic rings. The third-order valence-electron chi connectivity index (χ3n) is 7.12. The maximum atomic E-state index is 15.6. The van der Waals surface area contributed by atoms with Gasteiger partial charge in [-0.05, 0) is 49.4 Å². The highest BCUT2D eigenvalue weighted by Crippen LogP contribution is 2.56. The van der Waals surface area contributed by atoms with E-state index in [9.17, 15) is 10.1 Å². The van der Waals surface area contributed by atoms with Crippen molar-refractivity contribution in [2.45, 2.75) is 44.5 Å². The largest absolute Gasteiger partial charge is 0.462 e. The Morgan fingerprint density at radius 3 is 2.76 bits per heavy atom. The number of rotatable bonds is 4. The molecule has 0 amide bonds. The minimum atomic E-state index is -1.72. The highest BCUT2D eigenvalue weighted by Gasteiger charge is 2.66. The van der Waals surface area contributed by atoms with Crippen LogP contribution in [0.25, 0.3) is 27.6 Å². The minimum Gasteiger partial charge on any atom is -0.462 e. The fraction of sp³-hybridized carbons (Fsp3) is 0.400. The number of carbonyl (C=O) groups excluding carboxylic acids is 1. The lowest BCUT2D eigenvalue weighted by Crippen LogP contribution is -2.57. The lowest BCUT2D eigenvalue weighted by atomic mass is 9.57. The quantitative estimate of drug-likeness (QED) is 0.263. The van der Waals surface area contributed by atoms with Crippen molar-refractivity contribution < 1.29 is 13.9 Å². The number of halogens is 1. The van der Waals surface area contributed by atoms with Crippen molar-refractivity contribution in [1.82, 2.24) is 4.98 Å². The normalized spacial score (nSPS) is 33.1. The summed E-state index contributed by atoms with van der Waals surface area (Å²) in [7, 11) is 0. The Bertz CT molecular complexity index is 1200. The molecule has 1 saturated carbocycles. The van der Waals surface area contributed by atoms with E-state index < -0.39 is 41.0 Å². The molecular formula is C25H24FN5O2. The van der Waals surface area contributed by atoms with Gasteiger partial charge in [-0.3, -0.25) is 9.78 Å². The molecule has 168 valence electrons. The number of azide groups is 1. The Kier molecular flexibility index (Phi) is 5.69. The summed E-state index contributed by atoms with van der Waals surface area (Å²) in [4.78, 5) is 20.0. The second-order valence-corrected chi connectivity index (χ2v) is 9.06. The van der Waals surface area contributed by atoms with Gasteiger partial charge >= 0.3 is 5.97 Å². The van der Waals surface area contributed by atoms with Gasteiger partial charge in [0.2, 0.25) is 0 Å². The average Bonchev–Trinajstić information content (AvgIpc) is 3.03. The van der Waals surface area contributed by atoms with E-state index in [4.69, 9.17) is 10.3 Å². The second kappa shape index (κ2) is 8.34. The first-order valence-electron chi connectivity index (χ1n) is 10.8. The first-order chi connectivity index (χ1) is 15.7. The molecule has 1 aliphatic carbocycles. The van der Waals surface area contributed by atoms with Crippen LogP contribution in [0.15, 0.2) is 53.8 Å². The van der Waals surface area contributed by atoms with Crippen molar-refractivity contribution >= 4 is 12.0 Å². The number of fused-ring (bicyclic) bond motifs is 1. The van der Waals surface area contributed by atoms with Crippen LogP contribution in [-0.2, 0) is 9.53 Å². The van der Waals surface area contributed by atoms with E-state index in [1.54, 1.807) is 32.2 Å². The van der Waals surface area contributed by atoms with Gasteiger partial charge in [0, 0.05) is 34.6 Å². The Labute approximate surface area is 191 Å². The number of cyclic esters (lactones) is 1. The Morgan fingerprint density at radius 1 is 1.33 bits per heavy atom. The van der Waals surface area contributed by atoms with Crippen molar-refractivity contribution in [1.29, 1.82) is 5.26 Å². The number of pyridine rings is 1. The van der Waals surface area contributed by atoms with E-state index in [1.165, 1.54) is 6.92 Å². The molecule has 4 rings (SSSR count). The van der Waals surface area contributed by atoms with Gasteiger partial charge in [0.1, 0.15) is 11.8 Å². The standard InChI is InChI=1S/C25H24FN5O2/c1-15-20(22-16(2)33-23(32)25(22,30-31-28)14-24(15,3)26)11-10-19-9-8-18(13-29-19)21-7-5-4-6-17(21)12-27/h4-11,13,15-16,20,22H,14H2,1-3H3/b11-10+/t15-,16+,20-,22-,24?,25-/m0/s1. The molecule has 0 spiro atoms. The molecule has 1 aliphatic heterocycles. The summed E-state index contributed by atoms with van der Waals surface area (Å²) in [6, 6.07) is 13.2. The first kappa shape index (κ1) is 22.5. The van der Waals surface area contributed by atoms with Crippen LogP contribution in [0.4, 0.5) is 4.39 Å². The molecule has 8 heteroatoms. The van der Waals surface area contributed by atoms with E-state index in [-0.39, 0.29) is 6.42 Å². The van der Waals surface area contributed by atoms with E-state index >= 15 is 4.39 Å². The third kappa shape index (κ3) is 3.75. The number of aromatic nitrogens is 1. The van der Waals surface area contributed by atoms with E-state index in [0.29, 0.717) is 11.3 Å². The summed E-state index contributed by atoms with van der Waals surface area (Å²) >= 11 is 0. The first-order valence-corrected chi connectivity index (χ1v) is 10.8. The summed E-state index contributed by atoms with van der Waals surface area (Å²) in [5, 5.41) is 13.1. The molecule has 2 aliphatic rings. The van der Waals surface area contributed by atoms with Gasteiger partial charge in [-0.15, -0.1) is 0 Å². The average molecular weight is 445 g/mol. The molecule has 1 unspecified atom stereocenters. The topological polar surface area (TPSA) is 112 Å². The summed E-state index contributed by atoms with van der Waals surface area (Å²) < 4.78 is 21.0. The van der Waals surface area contributed by atoms with Crippen LogP contribution in [-0.4, -0.2) is 28.3 Å². The smallest absolute Gasteiger partial charge is 0.318 e. The number of hydrogen-bond acceptors (Lipinski definition) is 5. The van der Waals surface area contributed by atoms with Crippen molar-refractivity contribution in [3.63, 3.8) is 0 Å². The van der Waals surface area contributed by atoms with Crippen LogP contribution in [0.2, 0.25) is 0 Å². The predicted molar refractivity (Wildman–Crippen MR) is 121 cm³/mol. The zero-order valence-electron chi connectivity index (χ0n) is 18.6. The van der Waals surface area contributed by atoms with Crippen LogP contribution >= 0.6 is 0 Å². The molecule has 1 aromatic heterocycles. The predicted octanol–water partition coefficient (Wildman–Crippen LogP) is 5.63. The molecule has 1 aromatic carbocycles. The van der Waals surface area contributed by atoms with Gasteiger partial charge in [-0.1, -0.05) is 42.4 Å². The number of carbonyl (C=O) groups is 1. The van der Waals surface area contributed by atoms with E-state index in [1.807, 2.05) is 36.4 Å². The van der Waals surface area contributed by atoms with Crippen molar-refractivity contribution in [3.8, 4) is 17.2 Å².